The van der Waals surface area contributed by atoms with Crippen molar-refractivity contribution in [1.82, 2.24) is 19.4 Å². The van der Waals surface area contributed by atoms with Gasteiger partial charge in [0.2, 0.25) is 0 Å². The second kappa shape index (κ2) is 11.2. The van der Waals surface area contributed by atoms with Gasteiger partial charge in [-0.05, 0) is 67.6 Å². The average Bonchev–Trinajstić information content (AvgIpc) is 3.20. The zero-order valence-electron chi connectivity index (χ0n) is 21.6. The summed E-state index contributed by atoms with van der Waals surface area (Å²) in [5, 5.41) is 3.05. The normalized spacial score (nSPS) is 17.9. The number of carbonyl (C=O) groups excluding carboxylic acids is 1. The fourth-order valence-corrected chi connectivity index (χ4v) is 5.50. The van der Waals surface area contributed by atoms with Crippen LogP contribution in [0.5, 0.6) is 0 Å². The Morgan fingerprint density at radius 1 is 0.974 bits per heavy atom. The Morgan fingerprint density at radius 2 is 1.66 bits per heavy atom. The van der Waals surface area contributed by atoms with Crippen molar-refractivity contribution in [3.05, 3.63) is 113 Å². The first-order valence-corrected chi connectivity index (χ1v) is 13.1. The van der Waals surface area contributed by atoms with Crippen LogP contribution < -0.4 is 11.0 Å². The Labute approximate surface area is 222 Å². The van der Waals surface area contributed by atoms with E-state index < -0.39 is 0 Å². The van der Waals surface area contributed by atoms with Gasteiger partial charge in [-0.25, -0.2) is 9.18 Å². The van der Waals surface area contributed by atoms with E-state index in [0.717, 1.165) is 37.0 Å². The molecule has 3 aromatic carbocycles. The van der Waals surface area contributed by atoms with Crippen LogP contribution >= 0.6 is 0 Å². The van der Waals surface area contributed by atoms with E-state index in [1.54, 1.807) is 4.57 Å². The van der Waals surface area contributed by atoms with Crippen molar-refractivity contribution in [3.8, 4) is 0 Å². The number of halogens is 1. The fourth-order valence-electron chi connectivity index (χ4n) is 5.50. The number of carbonyl (C=O) groups is 1. The first-order chi connectivity index (χ1) is 18.4. The molecule has 0 spiro atoms. The molecule has 0 bridgehead atoms. The molecule has 1 fully saturated rings. The summed E-state index contributed by atoms with van der Waals surface area (Å²) in [5.74, 6) is -0.282. The predicted octanol–water partition coefficient (Wildman–Crippen LogP) is 5.14. The summed E-state index contributed by atoms with van der Waals surface area (Å²) in [5.41, 5.74) is 4.10. The Kier molecular flexibility index (Phi) is 7.56. The zero-order chi connectivity index (χ0) is 26.6. The van der Waals surface area contributed by atoms with Crippen molar-refractivity contribution in [3.63, 3.8) is 0 Å². The van der Waals surface area contributed by atoms with Gasteiger partial charge in [0, 0.05) is 43.5 Å². The highest BCUT2D eigenvalue weighted by Gasteiger charge is 2.30. The second-order valence-corrected chi connectivity index (χ2v) is 10.2. The molecule has 0 aliphatic carbocycles. The first kappa shape index (κ1) is 25.7. The minimum Gasteiger partial charge on any atom is -0.350 e. The quantitative estimate of drug-likeness (QED) is 0.356. The number of rotatable bonds is 8. The molecule has 5 rings (SSSR count). The molecule has 0 saturated carbocycles. The number of para-hydroxylation sites is 2. The molecule has 1 amide bonds. The number of nitrogens with one attached hydrogen (secondary N) is 1. The number of allylic oxidation sites excluding steroid dienone is 1. The van der Waals surface area contributed by atoms with Crippen molar-refractivity contribution in [1.29, 1.82) is 0 Å². The molecule has 0 radical (unpaired) electrons. The van der Waals surface area contributed by atoms with Gasteiger partial charge >= 0.3 is 5.69 Å². The third-order valence-electron chi connectivity index (χ3n) is 7.41. The Bertz CT molecular complexity index is 1490. The number of imidazole rings is 1. The minimum absolute atomic E-state index is 0.0537. The molecule has 6 nitrogen and oxygen atoms in total. The third-order valence-corrected chi connectivity index (χ3v) is 7.41. The van der Waals surface area contributed by atoms with Crippen LogP contribution in [0.2, 0.25) is 0 Å². The first-order valence-electron chi connectivity index (χ1n) is 13.1. The van der Waals surface area contributed by atoms with Gasteiger partial charge in [-0.3, -0.25) is 18.8 Å². The maximum Gasteiger partial charge on any atom is 0.333 e. The molecule has 196 valence electrons. The largest absolute Gasteiger partial charge is 0.350 e. The molecular weight excluding hydrogens is 479 g/mol. The number of hydrogen-bond donors (Lipinski definition) is 1. The van der Waals surface area contributed by atoms with Gasteiger partial charge in [-0.15, -0.1) is 0 Å². The van der Waals surface area contributed by atoms with Crippen molar-refractivity contribution in [2.45, 2.75) is 38.9 Å². The molecule has 4 aromatic rings. The SMILES string of the molecule is C=C(C)n1c(=O)n(C[C@@H]2CC[C@@H](CNC(=O)c3ccc(F)cc3)N(Cc3ccccc3)C2)c2ccccc21. The van der Waals surface area contributed by atoms with E-state index in [2.05, 4.69) is 28.9 Å². The number of nitrogens with zero attached hydrogens (tertiary/aromatic N) is 3. The lowest BCUT2D eigenvalue weighted by atomic mass is 9.91. The van der Waals surface area contributed by atoms with Crippen molar-refractivity contribution in [2.24, 2.45) is 5.92 Å². The highest BCUT2D eigenvalue weighted by molar-refractivity contribution is 5.94. The summed E-state index contributed by atoms with van der Waals surface area (Å²) < 4.78 is 16.8. The molecule has 1 aliphatic rings. The van der Waals surface area contributed by atoms with Gasteiger partial charge in [0.1, 0.15) is 5.82 Å². The summed E-state index contributed by atoms with van der Waals surface area (Å²) >= 11 is 0. The second-order valence-electron chi connectivity index (χ2n) is 10.2. The van der Waals surface area contributed by atoms with Gasteiger partial charge in [0.15, 0.2) is 0 Å². The topological polar surface area (TPSA) is 59.3 Å². The molecule has 1 aromatic heterocycles. The van der Waals surface area contributed by atoms with Crippen molar-refractivity contribution in [2.75, 3.05) is 13.1 Å². The van der Waals surface area contributed by atoms with Crippen LogP contribution in [0, 0.1) is 11.7 Å². The number of piperidine rings is 1. The standard InChI is InChI=1S/C31H33FN4O2/c1-22(2)36-29-11-7-6-10-28(29)35(31(36)38)21-24-12-17-27(34(20-24)19-23-8-4-3-5-9-23)18-33-30(37)25-13-15-26(32)16-14-25/h3-11,13-16,24,27H,1,12,17-21H2,2H3,(H,33,37)/t24-,27+/m1/s1. The summed E-state index contributed by atoms with van der Waals surface area (Å²) in [6.45, 7) is 8.57. The predicted molar refractivity (Wildman–Crippen MR) is 149 cm³/mol. The number of hydrogen-bond acceptors (Lipinski definition) is 3. The van der Waals surface area contributed by atoms with Gasteiger partial charge in [-0.2, -0.15) is 0 Å². The summed E-state index contributed by atoms with van der Waals surface area (Å²) in [6.07, 6.45) is 1.84. The zero-order valence-corrected chi connectivity index (χ0v) is 21.6. The van der Waals surface area contributed by atoms with Crippen LogP contribution in [0.25, 0.3) is 16.7 Å². The third kappa shape index (κ3) is 5.48. The number of amides is 1. The molecule has 2 atom stereocenters. The summed E-state index contributed by atoms with van der Waals surface area (Å²) in [6, 6.07) is 23.9. The molecule has 38 heavy (non-hydrogen) atoms. The van der Waals surface area contributed by atoms with Crippen molar-refractivity contribution >= 4 is 22.6 Å². The lowest BCUT2D eigenvalue weighted by Gasteiger charge is -2.40. The number of benzene rings is 3. The molecule has 1 N–H and O–H groups in total. The molecule has 2 heterocycles. The van der Waals surface area contributed by atoms with E-state index in [4.69, 9.17) is 0 Å². The van der Waals surface area contributed by atoms with Crippen molar-refractivity contribution < 1.29 is 9.18 Å². The number of likely N-dealkylation sites (tertiary alicyclic amines) is 1. The lowest BCUT2D eigenvalue weighted by Crippen LogP contribution is -2.49. The van der Waals surface area contributed by atoms with Crippen LogP contribution in [0.4, 0.5) is 4.39 Å². The van der Waals surface area contributed by atoms with E-state index in [-0.39, 0.29) is 29.4 Å². The fraction of sp³-hybridized carbons (Fsp3) is 0.290. The van der Waals surface area contributed by atoms with Gasteiger partial charge in [0.05, 0.1) is 11.0 Å². The van der Waals surface area contributed by atoms with Crippen LogP contribution in [0.3, 0.4) is 0 Å². The molecule has 1 aliphatic heterocycles. The van der Waals surface area contributed by atoms with Crippen LogP contribution in [-0.4, -0.2) is 39.1 Å². The van der Waals surface area contributed by atoms with Crippen LogP contribution in [0.15, 0.2) is 90.2 Å². The molecule has 1 saturated heterocycles. The van der Waals surface area contributed by atoms with E-state index in [1.807, 2.05) is 54.0 Å². The number of fused-ring (bicyclic) bond motifs is 1. The Morgan fingerprint density at radius 3 is 2.37 bits per heavy atom. The Balaban J connectivity index is 1.34. The summed E-state index contributed by atoms with van der Waals surface area (Å²) in [4.78, 5) is 28.5. The van der Waals surface area contributed by atoms with E-state index in [9.17, 15) is 14.0 Å². The maximum atomic E-state index is 13.4. The smallest absolute Gasteiger partial charge is 0.333 e. The molecule has 0 unspecified atom stereocenters. The maximum absolute atomic E-state index is 13.4. The lowest BCUT2D eigenvalue weighted by molar-refractivity contribution is 0.0805. The number of aromatic nitrogens is 2. The van der Waals surface area contributed by atoms with Gasteiger partial charge < -0.3 is 5.32 Å². The van der Waals surface area contributed by atoms with Gasteiger partial charge in [0.25, 0.3) is 5.91 Å². The molecule has 7 heteroatoms. The van der Waals surface area contributed by atoms with E-state index in [1.165, 1.54) is 29.8 Å². The van der Waals surface area contributed by atoms with Crippen LogP contribution in [0.1, 0.15) is 35.7 Å². The van der Waals surface area contributed by atoms with Crippen LogP contribution in [-0.2, 0) is 13.1 Å². The van der Waals surface area contributed by atoms with E-state index >= 15 is 0 Å². The highest BCUT2D eigenvalue weighted by atomic mass is 19.1. The Hall–Kier alpha value is -3.97. The summed E-state index contributed by atoms with van der Waals surface area (Å²) in [7, 11) is 0. The van der Waals surface area contributed by atoms with Gasteiger partial charge in [-0.1, -0.05) is 49.0 Å². The monoisotopic (exact) mass is 512 g/mol. The molecular formula is C31H33FN4O2. The average molecular weight is 513 g/mol. The minimum atomic E-state index is -0.362. The highest BCUT2D eigenvalue weighted by Crippen LogP contribution is 2.26. The van der Waals surface area contributed by atoms with E-state index in [0.29, 0.717) is 24.4 Å².